The first-order valence-corrected chi connectivity index (χ1v) is 16.0. The van der Waals surface area contributed by atoms with Crippen LogP contribution < -0.4 is 16.0 Å². The molecule has 0 aliphatic heterocycles. The number of nitro benzene ring substituents is 1. The summed E-state index contributed by atoms with van der Waals surface area (Å²) >= 11 is 13.7. The fourth-order valence-electron chi connectivity index (χ4n) is 4.52. The predicted molar refractivity (Wildman–Crippen MR) is 190 cm³/mol. The van der Waals surface area contributed by atoms with Crippen LogP contribution in [0.25, 0.3) is 6.08 Å². The monoisotopic (exact) mass is 696 g/mol. The van der Waals surface area contributed by atoms with E-state index in [0.29, 0.717) is 27.0 Å². The van der Waals surface area contributed by atoms with E-state index in [1.54, 1.807) is 78.9 Å². The number of rotatable bonds is 11. The van der Waals surface area contributed by atoms with Crippen molar-refractivity contribution in [3.63, 3.8) is 0 Å². The van der Waals surface area contributed by atoms with Crippen molar-refractivity contribution in [2.45, 2.75) is 10.1 Å². The number of carbonyl (C=O) groups is 3. The summed E-state index contributed by atoms with van der Waals surface area (Å²) in [5.74, 6) is -1.57. The summed E-state index contributed by atoms with van der Waals surface area (Å²) in [6.45, 7) is 0. The molecule has 5 rings (SSSR count). The van der Waals surface area contributed by atoms with Gasteiger partial charge >= 0.3 is 0 Å². The number of carbonyl (C=O) groups excluding carboxylic acids is 3. The fourth-order valence-corrected chi connectivity index (χ4v) is 5.88. The number of nitro groups is 1. The van der Waals surface area contributed by atoms with Gasteiger partial charge in [0.25, 0.3) is 17.5 Å². The van der Waals surface area contributed by atoms with Crippen LogP contribution in [0.5, 0.6) is 0 Å². The molecule has 0 radical (unpaired) electrons. The molecule has 240 valence electrons. The highest BCUT2D eigenvalue weighted by atomic mass is 35.5. The van der Waals surface area contributed by atoms with E-state index in [2.05, 4.69) is 16.0 Å². The van der Waals surface area contributed by atoms with Gasteiger partial charge in [-0.25, -0.2) is 0 Å². The minimum Gasteiger partial charge on any atom is -0.323 e. The molecule has 0 heterocycles. The lowest BCUT2D eigenvalue weighted by Crippen LogP contribution is -2.30. The molecule has 12 heteroatoms. The number of anilines is 2. The number of halogens is 2. The van der Waals surface area contributed by atoms with Crippen LogP contribution >= 0.6 is 35.0 Å². The van der Waals surface area contributed by atoms with Gasteiger partial charge in [0.15, 0.2) is 0 Å². The highest BCUT2D eigenvalue weighted by molar-refractivity contribution is 8.00. The molecule has 3 N–H and O–H groups in total. The third kappa shape index (κ3) is 8.89. The molecule has 0 fully saturated rings. The summed E-state index contributed by atoms with van der Waals surface area (Å²) < 4.78 is 0. The Morgan fingerprint density at radius 3 is 2.10 bits per heavy atom. The molecule has 9 nitrogen and oxygen atoms in total. The quantitative estimate of drug-likeness (QED) is 0.0548. The molecule has 0 spiro atoms. The number of nitrogens with one attached hydrogen (secondary N) is 3. The van der Waals surface area contributed by atoms with Crippen molar-refractivity contribution < 1.29 is 19.3 Å². The highest BCUT2D eigenvalue weighted by Crippen LogP contribution is 2.37. The molecule has 0 saturated heterocycles. The summed E-state index contributed by atoms with van der Waals surface area (Å²) in [7, 11) is 0. The Morgan fingerprint density at radius 2 is 1.42 bits per heavy atom. The van der Waals surface area contributed by atoms with Gasteiger partial charge in [0.2, 0.25) is 5.91 Å². The SMILES string of the molecule is O=C(Nc1ccc(SC(C(=O)Nc2cc(Cl)ccc2Cl)c2ccccc2)cc1)/C(=C/c1ccccc1[N+](=O)[O-])NC(=O)c1ccccc1. The number of hydrogen-bond acceptors (Lipinski definition) is 6. The van der Waals surface area contributed by atoms with Crippen molar-refractivity contribution in [1.29, 1.82) is 0 Å². The zero-order valence-corrected chi connectivity index (χ0v) is 27.3. The first kappa shape index (κ1) is 33.9. The Kier molecular flexibility index (Phi) is 11.3. The number of benzene rings is 5. The Hall–Kier alpha value is -5.42. The van der Waals surface area contributed by atoms with Crippen molar-refractivity contribution in [3.05, 3.63) is 170 Å². The van der Waals surface area contributed by atoms with Gasteiger partial charge in [-0.2, -0.15) is 0 Å². The van der Waals surface area contributed by atoms with E-state index in [1.807, 2.05) is 30.3 Å². The van der Waals surface area contributed by atoms with E-state index in [4.69, 9.17) is 23.2 Å². The minimum absolute atomic E-state index is 0.136. The van der Waals surface area contributed by atoms with Crippen LogP contribution in [0.15, 0.2) is 138 Å². The first-order valence-electron chi connectivity index (χ1n) is 14.4. The van der Waals surface area contributed by atoms with Crippen LogP contribution in [0.3, 0.4) is 0 Å². The van der Waals surface area contributed by atoms with Gasteiger partial charge in [-0.1, -0.05) is 83.9 Å². The number of thioether (sulfide) groups is 1. The Labute approximate surface area is 290 Å². The molecule has 0 aromatic heterocycles. The van der Waals surface area contributed by atoms with Gasteiger partial charge in [-0.05, 0) is 72.3 Å². The third-order valence-corrected chi connectivity index (χ3v) is 8.69. The van der Waals surface area contributed by atoms with E-state index in [0.717, 1.165) is 10.5 Å². The number of nitrogens with zero attached hydrogens (tertiary/aromatic N) is 1. The topological polar surface area (TPSA) is 130 Å². The summed E-state index contributed by atoms with van der Waals surface area (Å²) in [6.07, 6.45) is 1.26. The molecule has 0 bridgehead atoms. The van der Waals surface area contributed by atoms with Crippen LogP contribution in [0.2, 0.25) is 10.0 Å². The maximum atomic E-state index is 13.5. The Balaban J connectivity index is 1.36. The van der Waals surface area contributed by atoms with E-state index in [1.165, 1.54) is 36.0 Å². The number of amides is 3. The summed E-state index contributed by atoms with van der Waals surface area (Å²) in [4.78, 5) is 51.7. The molecule has 3 amide bonds. The zero-order chi connectivity index (χ0) is 34.0. The predicted octanol–water partition coefficient (Wildman–Crippen LogP) is 8.78. The van der Waals surface area contributed by atoms with Crippen molar-refractivity contribution >= 4 is 75.8 Å². The average Bonchev–Trinajstić information content (AvgIpc) is 3.10. The minimum atomic E-state index is -0.697. The van der Waals surface area contributed by atoms with Gasteiger partial charge in [0, 0.05) is 27.2 Å². The van der Waals surface area contributed by atoms with Crippen molar-refractivity contribution in [2.75, 3.05) is 10.6 Å². The molecule has 0 aliphatic rings. The summed E-state index contributed by atoms with van der Waals surface area (Å²) in [5, 5.41) is 19.9. The van der Waals surface area contributed by atoms with Gasteiger partial charge in [-0.15, -0.1) is 11.8 Å². The second kappa shape index (κ2) is 15.9. The average molecular weight is 698 g/mol. The smallest absolute Gasteiger partial charge is 0.276 e. The van der Waals surface area contributed by atoms with Crippen LogP contribution in [-0.4, -0.2) is 22.6 Å². The van der Waals surface area contributed by atoms with E-state index < -0.39 is 22.0 Å². The van der Waals surface area contributed by atoms with Gasteiger partial charge < -0.3 is 16.0 Å². The van der Waals surface area contributed by atoms with Crippen LogP contribution in [-0.2, 0) is 9.59 Å². The molecular weight excluding hydrogens is 671 g/mol. The summed E-state index contributed by atoms with van der Waals surface area (Å²) in [5.41, 5.74) is 1.54. The van der Waals surface area contributed by atoms with E-state index in [9.17, 15) is 24.5 Å². The number of para-hydroxylation sites is 1. The number of hydrogen-bond donors (Lipinski definition) is 3. The largest absolute Gasteiger partial charge is 0.323 e. The molecule has 0 aliphatic carbocycles. The van der Waals surface area contributed by atoms with Crippen LogP contribution in [0.4, 0.5) is 17.1 Å². The molecule has 1 unspecified atom stereocenters. The zero-order valence-electron chi connectivity index (χ0n) is 24.9. The molecule has 5 aromatic carbocycles. The fraction of sp³-hybridized carbons (Fsp3) is 0.0278. The molecule has 0 saturated carbocycles. The highest BCUT2D eigenvalue weighted by Gasteiger charge is 2.24. The van der Waals surface area contributed by atoms with Gasteiger partial charge in [-0.3, -0.25) is 24.5 Å². The van der Waals surface area contributed by atoms with Crippen molar-refractivity contribution in [2.24, 2.45) is 0 Å². The maximum absolute atomic E-state index is 13.5. The van der Waals surface area contributed by atoms with Gasteiger partial charge in [0.05, 0.1) is 21.2 Å². The van der Waals surface area contributed by atoms with E-state index >= 15 is 0 Å². The first-order chi connectivity index (χ1) is 23.2. The second-order valence-electron chi connectivity index (χ2n) is 10.2. The van der Waals surface area contributed by atoms with Crippen LogP contribution in [0, 0.1) is 10.1 Å². The molecule has 5 aromatic rings. The van der Waals surface area contributed by atoms with Crippen LogP contribution in [0.1, 0.15) is 26.7 Å². The lowest BCUT2D eigenvalue weighted by Gasteiger charge is -2.18. The van der Waals surface area contributed by atoms with Crippen molar-refractivity contribution in [3.8, 4) is 0 Å². The van der Waals surface area contributed by atoms with Crippen molar-refractivity contribution in [1.82, 2.24) is 5.32 Å². The lowest BCUT2D eigenvalue weighted by molar-refractivity contribution is -0.385. The standard InChI is InChI=1S/C36H26Cl2N4O5S/c37-26-15-20-29(38)30(22-26)40-36(45)33(23-9-3-1-4-10-23)48-28-18-16-27(17-19-28)39-35(44)31(41-34(43)24-11-5-2-6-12-24)21-25-13-7-8-14-32(25)42(46)47/h1-22,33H,(H,39,44)(H,40,45)(H,41,43)/b31-21-. The summed E-state index contributed by atoms with van der Waals surface area (Å²) in [6, 6.07) is 35.0. The van der Waals surface area contributed by atoms with E-state index in [-0.39, 0.29) is 22.9 Å². The molecule has 1 atom stereocenters. The Bertz CT molecular complexity index is 1990. The second-order valence-corrected chi connectivity index (χ2v) is 12.2. The lowest BCUT2D eigenvalue weighted by atomic mass is 10.1. The molecular formula is C36H26Cl2N4O5S. The normalized spacial score (nSPS) is 11.7. The third-order valence-electron chi connectivity index (χ3n) is 6.85. The van der Waals surface area contributed by atoms with Gasteiger partial charge in [0.1, 0.15) is 10.9 Å². The Morgan fingerprint density at radius 1 is 0.771 bits per heavy atom. The maximum Gasteiger partial charge on any atom is 0.276 e. The molecule has 48 heavy (non-hydrogen) atoms.